The fourth-order valence-electron chi connectivity index (χ4n) is 2.64. The number of fused-ring (bicyclic) bond motifs is 1. The summed E-state index contributed by atoms with van der Waals surface area (Å²) in [6.45, 7) is 1.87. The van der Waals surface area contributed by atoms with Crippen LogP contribution in [0.5, 0.6) is 0 Å². The second-order valence-electron chi connectivity index (χ2n) is 5.36. The number of thiazole rings is 1. The van der Waals surface area contributed by atoms with Gasteiger partial charge in [-0.25, -0.2) is 4.98 Å². The van der Waals surface area contributed by atoms with Crippen LogP contribution in [0.1, 0.15) is 34.0 Å². The lowest BCUT2D eigenvalue weighted by Gasteiger charge is -2.21. The van der Waals surface area contributed by atoms with Crippen LogP contribution in [0.25, 0.3) is 0 Å². The van der Waals surface area contributed by atoms with Gasteiger partial charge in [0.1, 0.15) is 0 Å². The highest BCUT2D eigenvalue weighted by Crippen LogP contribution is 2.37. The molecule has 1 aliphatic carbocycles. The van der Waals surface area contributed by atoms with Crippen LogP contribution in [-0.2, 0) is 17.6 Å². The van der Waals surface area contributed by atoms with Crippen LogP contribution in [0.3, 0.4) is 0 Å². The number of rotatable bonds is 2. The third-order valence-electron chi connectivity index (χ3n) is 3.70. The van der Waals surface area contributed by atoms with E-state index in [9.17, 15) is 0 Å². The van der Waals surface area contributed by atoms with Crippen molar-refractivity contribution < 1.29 is 9.90 Å². The van der Waals surface area contributed by atoms with Crippen LogP contribution in [0, 0.1) is 6.92 Å². The van der Waals surface area contributed by atoms with Gasteiger partial charge in [0, 0.05) is 4.88 Å². The van der Waals surface area contributed by atoms with Crippen molar-refractivity contribution in [2.45, 2.75) is 32.1 Å². The van der Waals surface area contributed by atoms with Crippen molar-refractivity contribution in [1.29, 1.82) is 0 Å². The molecule has 0 aliphatic heterocycles. The molecule has 1 aromatic heterocycles. The van der Waals surface area contributed by atoms with Crippen LogP contribution < -0.4 is 11.5 Å². The molecular weight excluding hydrogens is 312 g/mol. The van der Waals surface area contributed by atoms with E-state index >= 15 is 0 Å². The minimum Gasteiger partial charge on any atom is -0.483 e. The van der Waals surface area contributed by atoms with Crippen LogP contribution in [0.15, 0.2) is 29.3 Å². The van der Waals surface area contributed by atoms with Crippen molar-refractivity contribution in [2.75, 3.05) is 0 Å². The number of nitrogens with two attached hydrogens (primary N) is 2. The Morgan fingerprint density at radius 1 is 1.39 bits per heavy atom. The Morgan fingerprint density at radius 2 is 2.04 bits per heavy atom. The van der Waals surface area contributed by atoms with E-state index < -0.39 is 0 Å². The number of guanidine groups is 1. The fraction of sp³-hybridized carbons (Fsp3) is 0.312. The Bertz CT molecular complexity index is 691. The number of aromatic nitrogens is 1. The van der Waals surface area contributed by atoms with Crippen LogP contribution >= 0.6 is 11.3 Å². The molecule has 0 spiro atoms. The van der Waals surface area contributed by atoms with Gasteiger partial charge in [-0.15, -0.1) is 0 Å². The van der Waals surface area contributed by atoms with Gasteiger partial charge in [-0.05, 0) is 37.7 Å². The summed E-state index contributed by atoms with van der Waals surface area (Å²) >= 11 is 1.61. The zero-order valence-corrected chi connectivity index (χ0v) is 13.7. The number of carbonyl (C=O) groups is 1. The molecule has 0 saturated carbocycles. The predicted molar refractivity (Wildman–Crippen MR) is 92.2 cm³/mol. The average molecular weight is 332 g/mol. The number of benzene rings is 1. The molecule has 23 heavy (non-hydrogen) atoms. The molecule has 3 rings (SSSR count). The van der Waals surface area contributed by atoms with Gasteiger partial charge in [0.05, 0.1) is 5.69 Å². The van der Waals surface area contributed by atoms with Gasteiger partial charge in [0.2, 0.25) is 5.13 Å². The van der Waals surface area contributed by atoms with Crippen LogP contribution in [-0.4, -0.2) is 22.5 Å². The Labute approximate surface area is 138 Å². The van der Waals surface area contributed by atoms with Crippen molar-refractivity contribution >= 4 is 28.9 Å². The Hall–Kier alpha value is -2.41. The highest BCUT2D eigenvalue weighted by atomic mass is 32.1. The largest absolute Gasteiger partial charge is 0.483 e. The SMILES string of the molecule is Cc1ccc(C2CCc3nc(N=C(N)N)sc3C2)cc1.O=CO. The molecule has 2 aromatic rings. The average Bonchev–Trinajstić information content (AvgIpc) is 2.89. The maximum atomic E-state index is 8.36. The van der Waals surface area contributed by atoms with Gasteiger partial charge in [0.15, 0.2) is 5.96 Å². The Kier molecular flexibility index (Phi) is 5.70. The number of nitrogens with zero attached hydrogens (tertiary/aromatic N) is 2. The van der Waals surface area contributed by atoms with E-state index in [0.717, 1.165) is 19.3 Å². The third kappa shape index (κ3) is 4.53. The first kappa shape index (κ1) is 17.0. The highest BCUT2D eigenvalue weighted by molar-refractivity contribution is 7.15. The summed E-state index contributed by atoms with van der Waals surface area (Å²) in [7, 11) is 0. The first-order valence-corrected chi connectivity index (χ1v) is 8.07. The van der Waals surface area contributed by atoms with E-state index in [0.29, 0.717) is 11.0 Å². The lowest BCUT2D eigenvalue weighted by Crippen LogP contribution is -2.21. The summed E-state index contributed by atoms with van der Waals surface area (Å²) in [5.41, 5.74) is 14.7. The quantitative estimate of drug-likeness (QED) is 0.443. The molecule has 1 aromatic carbocycles. The minimum atomic E-state index is -0.250. The summed E-state index contributed by atoms with van der Waals surface area (Å²) in [6, 6.07) is 8.84. The highest BCUT2D eigenvalue weighted by Gasteiger charge is 2.23. The lowest BCUT2D eigenvalue weighted by atomic mass is 9.85. The van der Waals surface area contributed by atoms with E-state index in [1.54, 1.807) is 11.3 Å². The second-order valence-corrected chi connectivity index (χ2v) is 6.42. The van der Waals surface area contributed by atoms with E-state index in [1.807, 2.05) is 0 Å². The molecule has 0 bridgehead atoms. The summed E-state index contributed by atoms with van der Waals surface area (Å²) in [5, 5.41) is 7.57. The van der Waals surface area contributed by atoms with Crippen LogP contribution in [0.4, 0.5) is 5.13 Å². The molecule has 122 valence electrons. The number of carboxylic acid groups (broad SMARTS) is 1. The molecule has 1 heterocycles. The molecule has 0 radical (unpaired) electrons. The Balaban J connectivity index is 0.000000595. The molecule has 0 amide bonds. The monoisotopic (exact) mass is 332 g/mol. The maximum Gasteiger partial charge on any atom is 0.290 e. The topological polar surface area (TPSA) is 115 Å². The molecule has 1 atom stereocenters. The fourth-order valence-corrected chi connectivity index (χ4v) is 3.72. The number of aliphatic imine (C=N–C) groups is 1. The third-order valence-corrected chi connectivity index (χ3v) is 4.72. The van der Waals surface area contributed by atoms with Crippen molar-refractivity contribution in [1.82, 2.24) is 4.98 Å². The van der Waals surface area contributed by atoms with Crippen molar-refractivity contribution in [3.8, 4) is 0 Å². The summed E-state index contributed by atoms with van der Waals surface area (Å²) < 4.78 is 0. The summed E-state index contributed by atoms with van der Waals surface area (Å²) in [4.78, 5) is 18.2. The van der Waals surface area contributed by atoms with E-state index in [2.05, 4.69) is 41.2 Å². The maximum absolute atomic E-state index is 8.36. The van der Waals surface area contributed by atoms with Gasteiger partial charge in [-0.1, -0.05) is 41.2 Å². The predicted octanol–water partition coefficient (Wildman–Crippen LogP) is 2.33. The normalized spacial score (nSPS) is 15.8. The first-order valence-electron chi connectivity index (χ1n) is 7.26. The smallest absolute Gasteiger partial charge is 0.290 e. The molecule has 1 unspecified atom stereocenters. The molecule has 7 heteroatoms. The molecule has 6 nitrogen and oxygen atoms in total. The number of aryl methyl sites for hydroxylation is 2. The standard InChI is InChI=1S/C15H18N4S.CH2O2/c1-9-2-4-10(5-3-9)11-6-7-12-13(8-11)20-15(18-12)19-14(16)17;2-1-3/h2-5,11H,6-8H2,1H3,(H4,16,17,18,19);1H,(H,2,3). The minimum absolute atomic E-state index is 0.0752. The van der Waals surface area contributed by atoms with Crippen molar-refractivity contribution in [2.24, 2.45) is 16.5 Å². The van der Waals surface area contributed by atoms with Crippen LogP contribution in [0.2, 0.25) is 0 Å². The van der Waals surface area contributed by atoms with Gasteiger partial charge >= 0.3 is 0 Å². The second kappa shape index (κ2) is 7.73. The zero-order chi connectivity index (χ0) is 16.8. The zero-order valence-electron chi connectivity index (χ0n) is 12.9. The first-order chi connectivity index (χ1) is 11.0. The number of hydrogen-bond acceptors (Lipinski definition) is 4. The summed E-state index contributed by atoms with van der Waals surface area (Å²) in [5.74, 6) is 0.654. The van der Waals surface area contributed by atoms with Gasteiger partial charge in [-0.3, -0.25) is 4.79 Å². The summed E-state index contributed by atoms with van der Waals surface area (Å²) in [6.07, 6.45) is 3.18. The van der Waals surface area contributed by atoms with Crippen molar-refractivity contribution in [3.05, 3.63) is 46.0 Å². The van der Waals surface area contributed by atoms with Crippen molar-refractivity contribution in [3.63, 3.8) is 0 Å². The lowest BCUT2D eigenvalue weighted by molar-refractivity contribution is -0.122. The van der Waals surface area contributed by atoms with Gasteiger partial charge in [0.25, 0.3) is 6.47 Å². The van der Waals surface area contributed by atoms with E-state index in [-0.39, 0.29) is 12.4 Å². The molecule has 5 N–H and O–H groups in total. The number of hydrogen-bond donors (Lipinski definition) is 3. The molecule has 1 aliphatic rings. The van der Waals surface area contributed by atoms with E-state index in [4.69, 9.17) is 21.4 Å². The molecule has 0 fully saturated rings. The molecular formula is C16H20N4O2S. The molecule has 0 saturated heterocycles. The van der Waals surface area contributed by atoms with E-state index in [1.165, 1.54) is 21.7 Å². The van der Waals surface area contributed by atoms with Gasteiger partial charge < -0.3 is 16.6 Å². The Morgan fingerprint density at radius 3 is 2.65 bits per heavy atom. The van der Waals surface area contributed by atoms with Gasteiger partial charge in [-0.2, -0.15) is 4.99 Å².